The van der Waals surface area contributed by atoms with Crippen LogP contribution >= 0.6 is 0 Å². The third-order valence-corrected chi connectivity index (χ3v) is 5.81. The maximum absolute atomic E-state index is 13.2. The Bertz CT molecular complexity index is 1360. The van der Waals surface area contributed by atoms with E-state index in [4.69, 9.17) is 18.7 Å². The van der Waals surface area contributed by atoms with Crippen LogP contribution in [-0.2, 0) is 16.2 Å². The van der Waals surface area contributed by atoms with Gasteiger partial charge in [0, 0.05) is 24.2 Å². The molecule has 0 spiro atoms. The number of nitrogens with one attached hydrogen (secondary N) is 1. The molecule has 0 radical (unpaired) electrons. The van der Waals surface area contributed by atoms with Crippen molar-refractivity contribution in [3.63, 3.8) is 0 Å². The summed E-state index contributed by atoms with van der Waals surface area (Å²) in [6, 6.07) is 23.4. The first-order valence-corrected chi connectivity index (χ1v) is 11.6. The Kier molecular flexibility index (Phi) is 6.88. The van der Waals surface area contributed by atoms with E-state index in [0.29, 0.717) is 28.9 Å². The van der Waals surface area contributed by atoms with Crippen molar-refractivity contribution in [2.75, 3.05) is 6.61 Å². The van der Waals surface area contributed by atoms with E-state index in [1.54, 1.807) is 42.5 Å². The van der Waals surface area contributed by atoms with Crippen molar-refractivity contribution in [2.45, 2.75) is 32.2 Å². The van der Waals surface area contributed by atoms with Gasteiger partial charge in [0.2, 0.25) is 11.2 Å². The number of hydrogen-bond donors (Lipinski definition) is 1. The highest BCUT2D eigenvalue weighted by Gasteiger charge is 2.18. The molecule has 4 aromatic rings. The highest BCUT2D eigenvalue weighted by molar-refractivity contribution is 5.93. The number of rotatable bonds is 7. The number of amides is 1. The number of para-hydroxylation sites is 1. The van der Waals surface area contributed by atoms with E-state index in [1.807, 2.05) is 36.4 Å². The molecular formula is C28H25NO6. The first-order valence-electron chi connectivity index (χ1n) is 11.6. The van der Waals surface area contributed by atoms with E-state index in [2.05, 4.69) is 5.48 Å². The lowest BCUT2D eigenvalue weighted by atomic mass is 10.1. The van der Waals surface area contributed by atoms with Gasteiger partial charge in [-0.25, -0.2) is 10.3 Å². The molecule has 7 heteroatoms. The quantitative estimate of drug-likeness (QED) is 0.372. The van der Waals surface area contributed by atoms with Gasteiger partial charge in [-0.1, -0.05) is 54.6 Å². The average molecular weight is 472 g/mol. The van der Waals surface area contributed by atoms with Gasteiger partial charge in [0.05, 0.1) is 5.39 Å². The third kappa shape index (κ3) is 5.26. The Morgan fingerprint density at radius 3 is 2.49 bits per heavy atom. The van der Waals surface area contributed by atoms with E-state index < -0.39 is 6.29 Å². The molecule has 1 unspecified atom stereocenters. The summed E-state index contributed by atoms with van der Waals surface area (Å²) in [6.45, 7) is 0.772. The predicted molar refractivity (Wildman–Crippen MR) is 131 cm³/mol. The van der Waals surface area contributed by atoms with Crippen molar-refractivity contribution in [1.29, 1.82) is 0 Å². The molecule has 35 heavy (non-hydrogen) atoms. The topological polar surface area (TPSA) is 87.0 Å². The van der Waals surface area contributed by atoms with Crippen LogP contribution in [0, 0.1) is 0 Å². The molecule has 0 aliphatic carbocycles. The smallest absolute Gasteiger partial charge is 0.274 e. The number of benzene rings is 3. The summed E-state index contributed by atoms with van der Waals surface area (Å²) >= 11 is 0. The number of ether oxygens (including phenoxy) is 2. The molecule has 1 saturated heterocycles. The second kappa shape index (κ2) is 10.5. The lowest BCUT2D eigenvalue weighted by molar-refractivity contribution is -0.186. The number of fused-ring (bicyclic) bond motifs is 1. The normalized spacial score (nSPS) is 15.6. The molecule has 2 heterocycles. The number of carbonyl (C=O) groups excluding carboxylic acids is 1. The molecular weight excluding hydrogens is 446 g/mol. The summed E-state index contributed by atoms with van der Waals surface area (Å²) in [6.07, 6.45) is 2.36. The van der Waals surface area contributed by atoms with E-state index in [0.717, 1.165) is 30.4 Å². The van der Waals surface area contributed by atoms with Crippen molar-refractivity contribution < 1.29 is 23.5 Å². The third-order valence-electron chi connectivity index (χ3n) is 5.81. The second-order valence-corrected chi connectivity index (χ2v) is 8.28. The fraction of sp³-hybridized carbons (Fsp3) is 0.214. The van der Waals surface area contributed by atoms with Crippen LogP contribution in [0.3, 0.4) is 0 Å². The maximum atomic E-state index is 13.2. The van der Waals surface area contributed by atoms with Crippen LogP contribution in [0.4, 0.5) is 0 Å². The molecule has 1 aromatic heterocycles. The summed E-state index contributed by atoms with van der Waals surface area (Å²) in [5.74, 6) is 0.179. The fourth-order valence-corrected chi connectivity index (χ4v) is 3.93. The van der Waals surface area contributed by atoms with Crippen molar-refractivity contribution >= 4 is 16.9 Å². The van der Waals surface area contributed by atoms with Crippen LogP contribution in [0.2, 0.25) is 0 Å². The van der Waals surface area contributed by atoms with E-state index in [-0.39, 0.29) is 23.7 Å². The van der Waals surface area contributed by atoms with Gasteiger partial charge in [-0.2, -0.15) is 0 Å². The SMILES string of the molecule is O=C(NOC1CCCCO1)c1ccc(COc2c(-c3ccccc3)oc3ccccc3c2=O)cc1. The molecule has 0 bridgehead atoms. The zero-order valence-corrected chi connectivity index (χ0v) is 19.1. The van der Waals surface area contributed by atoms with Gasteiger partial charge < -0.3 is 13.9 Å². The fourth-order valence-electron chi connectivity index (χ4n) is 3.93. The largest absolute Gasteiger partial charge is 0.481 e. The van der Waals surface area contributed by atoms with Gasteiger partial charge >= 0.3 is 0 Å². The molecule has 3 aromatic carbocycles. The van der Waals surface area contributed by atoms with Crippen LogP contribution in [0.15, 0.2) is 88.1 Å². The minimum atomic E-state index is -0.409. The van der Waals surface area contributed by atoms with E-state index in [9.17, 15) is 9.59 Å². The Morgan fingerprint density at radius 2 is 1.71 bits per heavy atom. The second-order valence-electron chi connectivity index (χ2n) is 8.28. The first-order chi connectivity index (χ1) is 17.2. The minimum absolute atomic E-state index is 0.136. The highest BCUT2D eigenvalue weighted by Crippen LogP contribution is 2.31. The highest BCUT2D eigenvalue weighted by atomic mass is 16.8. The summed E-state index contributed by atoms with van der Waals surface area (Å²) < 4.78 is 17.5. The summed E-state index contributed by atoms with van der Waals surface area (Å²) in [5.41, 5.74) is 4.70. The van der Waals surface area contributed by atoms with Crippen molar-refractivity contribution in [3.8, 4) is 17.1 Å². The van der Waals surface area contributed by atoms with Gasteiger partial charge in [-0.15, -0.1) is 0 Å². The number of carbonyl (C=O) groups is 1. The van der Waals surface area contributed by atoms with Gasteiger partial charge in [-0.3, -0.25) is 9.59 Å². The van der Waals surface area contributed by atoms with Crippen molar-refractivity contribution in [3.05, 3.63) is 100 Å². The number of hydrogen-bond acceptors (Lipinski definition) is 6. The Labute approximate surface area is 202 Å². The van der Waals surface area contributed by atoms with Crippen LogP contribution in [0.5, 0.6) is 5.75 Å². The molecule has 5 rings (SSSR count). The van der Waals surface area contributed by atoms with Gasteiger partial charge in [-0.05, 0) is 42.7 Å². The van der Waals surface area contributed by atoms with Crippen molar-refractivity contribution in [1.82, 2.24) is 5.48 Å². The predicted octanol–water partition coefficient (Wildman–Crippen LogP) is 5.23. The summed E-state index contributed by atoms with van der Waals surface area (Å²) in [7, 11) is 0. The Morgan fingerprint density at radius 1 is 0.943 bits per heavy atom. The molecule has 1 N–H and O–H groups in total. The van der Waals surface area contributed by atoms with Crippen LogP contribution in [-0.4, -0.2) is 18.8 Å². The molecule has 1 atom stereocenters. The summed E-state index contributed by atoms with van der Waals surface area (Å²) in [5, 5.41) is 0.455. The number of hydroxylamine groups is 1. The standard InChI is InChI=1S/C28H25NO6/c30-25-22-10-4-5-11-23(22)34-26(20-8-2-1-3-9-20)27(25)33-18-19-13-15-21(16-14-19)28(31)29-35-24-12-6-7-17-32-24/h1-5,8-11,13-16,24H,6-7,12,17-18H2,(H,29,31). The van der Waals surface area contributed by atoms with E-state index in [1.165, 1.54) is 0 Å². The summed E-state index contributed by atoms with van der Waals surface area (Å²) in [4.78, 5) is 30.9. The van der Waals surface area contributed by atoms with Crippen LogP contribution in [0.1, 0.15) is 35.2 Å². The van der Waals surface area contributed by atoms with Gasteiger partial charge in [0.15, 0.2) is 12.1 Å². The molecule has 1 aliphatic heterocycles. The Hall–Kier alpha value is -3.94. The molecule has 178 valence electrons. The zero-order chi connectivity index (χ0) is 24.0. The average Bonchev–Trinajstić information content (AvgIpc) is 2.92. The lowest BCUT2D eigenvalue weighted by Crippen LogP contribution is -2.33. The van der Waals surface area contributed by atoms with Crippen LogP contribution < -0.4 is 15.6 Å². The molecule has 1 aliphatic rings. The molecule has 7 nitrogen and oxygen atoms in total. The monoisotopic (exact) mass is 471 g/mol. The molecule has 1 fully saturated rings. The minimum Gasteiger partial charge on any atom is -0.481 e. The van der Waals surface area contributed by atoms with E-state index >= 15 is 0 Å². The van der Waals surface area contributed by atoms with Gasteiger partial charge in [0.1, 0.15) is 12.2 Å². The lowest BCUT2D eigenvalue weighted by Gasteiger charge is -2.22. The molecule has 1 amide bonds. The van der Waals surface area contributed by atoms with Gasteiger partial charge in [0.25, 0.3) is 5.91 Å². The molecule has 0 saturated carbocycles. The maximum Gasteiger partial charge on any atom is 0.274 e. The Balaban J connectivity index is 1.31. The van der Waals surface area contributed by atoms with Crippen molar-refractivity contribution in [2.24, 2.45) is 0 Å². The van der Waals surface area contributed by atoms with Crippen LogP contribution in [0.25, 0.3) is 22.3 Å². The zero-order valence-electron chi connectivity index (χ0n) is 19.1. The first kappa shape index (κ1) is 22.8.